The quantitative estimate of drug-likeness (QED) is 0.920. The highest BCUT2D eigenvalue weighted by Crippen LogP contribution is 2.29. The van der Waals surface area contributed by atoms with E-state index in [0.29, 0.717) is 6.04 Å². The van der Waals surface area contributed by atoms with Crippen LogP contribution in [-0.4, -0.2) is 34.2 Å². The Labute approximate surface area is 125 Å². The van der Waals surface area contributed by atoms with Crippen molar-refractivity contribution in [2.75, 3.05) is 24.5 Å². The maximum Gasteiger partial charge on any atom is 0.157 e. The molecule has 0 aliphatic carbocycles. The molecule has 0 radical (unpaired) electrons. The molecule has 2 fully saturated rings. The summed E-state index contributed by atoms with van der Waals surface area (Å²) in [5, 5.41) is 8.48. The van der Waals surface area contributed by atoms with Crippen molar-refractivity contribution in [2.24, 2.45) is 0 Å². The molecule has 0 amide bonds. The first-order valence-electron chi connectivity index (χ1n) is 8.09. The minimum atomic E-state index is 0.394. The van der Waals surface area contributed by atoms with Crippen LogP contribution in [0.5, 0.6) is 0 Å². The molecule has 2 aromatic heterocycles. The number of aryl methyl sites for hydroxylation is 1. The molecule has 2 aromatic rings. The first-order valence-corrected chi connectivity index (χ1v) is 8.09. The number of piperidine rings is 1. The topological polar surface area (TPSA) is 45.5 Å². The van der Waals surface area contributed by atoms with Crippen LogP contribution in [0.1, 0.15) is 48.7 Å². The van der Waals surface area contributed by atoms with Gasteiger partial charge in [-0.05, 0) is 39.7 Å². The maximum absolute atomic E-state index is 4.89. The Morgan fingerprint density at radius 2 is 2.05 bits per heavy atom. The zero-order valence-electron chi connectivity index (χ0n) is 12.9. The van der Waals surface area contributed by atoms with Crippen LogP contribution in [0.3, 0.4) is 0 Å². The molecular weight excluding hydrogens is 262 g/mol. The molecule has 2 aliphatic rings. The van der Waals surface area contributed by atoms with Gasteiger partial charge in [0.05, 0.1) is 11.7 Å². The van der Waals surface area contributed by atoms with Gasteiger partial charge in [-0.1, -0.05) is 6.42 Å². The molecule has 1 N–H and O–H groups in total. The summed E-state index contributed by atoms with van der Waals surface area (Å²) in [6.07, 6.45) is 5.02. The van der Waals surface area contributed by atoms with Crippen LogP contribution in [0.4, 0.5) is 5.82 Å². The fourth-order valence-corrected chi connectivity index (χ4v) is 3.37. The van der Waals surface area contributed by atoms with Crippen LogP contribution in [0.15, 0.2) is 6.07 Å². The largest absolute Gasteiger partial charge is 0.356 e. The van der Waals surface area contributed by atoms with Crippen molar-refractivity contribution in [1.29, 1.82) is 0 Å². The predicted molar refractivity (Wildman–Crippen MR) is 83.9 cm³/mol. The van der Waals surface area contributed by atoms with Crippen LogP contribution in [0, 0.1) is 13.8 Å². The fourth-order valence-electron chi connectivity index (χ4n) is 3.37. The van der Waals surface area contributed by atoms with Crippen LogP contribution < -0.4 is 10.2 Å². The van der Waals surface area contributed by atoms with E-state index in [1.807, 2.05) is 0 Å². The molecule has 1 atom stereocenters. The molecule has 2 aliphatic heterocycles. The van der Waals surface area contributed by atoms with Crippen molar-refractivity contribution in [2.45, 2.75) is 45.6 Å². The average Bonchev–Trinajstić information content (AvgIpc) is 2.86. The van der Waals surface area contributed by atoms with Gasteiger partial charge in [0, 0.05) is 30.4 Å². The van der Waals surface area contributed by atoms with Crippen molar-refractivity contribution in [3.63, 3.8) is 0 Å². The highest BCUT2D eigenvalue weighted by molar-refractivity contribution is 5.58. The van der Waals surface area contributed by atoms with Gasteiger partial charge in [-0.2, -0.15) is 9.61 Å². The van der Waals surface area contributed by atoms with Gasteiger partial charge in [-0.15, -0.1) is 0 Å². The third-order valence-electron chi connectivity index (χ3n) is 4.89. The Bertz CT molecular complexity index is 665. The lowest BCUT2D eigenvalue weighted by Crippen LogP contribution is -2.39. The van der Waals surface area contributed by atoms with Crippen molar-refractivity contribution < 1.29 is 0 Å². The SMILES string of the molecule is Cc1nc2cc(C3CCCCN3)nn2c(N2CCC2)c1C. The van der Waals surface area contributed by atoms with Crippen molar-refractivity contribution >= 4 is 11.5 Å². The molecule has 5 heteroatoms. The third-order valence-corrected chi connectivity index (χ3v) is 4.89. The van der Waals surface area contributed by atoms with E-state index in [9.17, 15) is 0 Å². The van der Waals surface area contributed by atoms with E-state index in [-0.39, 0.29) is 0 Å². The van der Waals surface area contributed by atoms with E-state index >= 15 is 0 Å². The molecule has 5 nitrogen and oxygen atoms in total. The Hall–Kier alpha value is -1.62. The van der Waals surface area contributed by atoms with Crippen LogP contribution in [0.25, 0.3) is 5.65 Å². The summed E-state index contributed by atoms with van der Waals surface area (Å²) < 4.78 is 2.06. The molecule has 0 saturated carbocycles. The highest BCUT2D eigenvalue weighted by atomic mass is 15.4. The maximum atomic E-state index is 4.89. The summed E-state index contributed by atoms with van der Waals surface area (Å²) in [5.74, 6) is 1.24. The third kappa shape index (κ3) is 2.11. The summed E-state index contributed by atoms with van der Waals surface area (Å²) >= 11 is 0. The second kappa shape index (κ2) is 4.98. The molecule has 1 unspecified atom stereocenters. The molecule has 4 heterocycles. The van der Waals surface area contributed by atoms with Crippen LogP contribution in [0.2, 0.25) is 0 Å². The molecule has 4 rings (SSSR count). The van der Waals surface area contributed by atoms with Crippen molar-refractivity contribution in [3.8, 4) is 0 Å². The summed E-state index contributed by atoms with van der Waals surface area (Å²) in [6.45, 7) is 7.63. The summed E-state index contributed by atoms with van der Waals surface area (Å²) in [6, 6.07) is 2.56. The molecule has 21 heavy (non-hydrogen) atoms. The van der Waals surface area contributed by atoms with Gasteiger partial charge < -0.3 is 10.2 Å². The van der Waals surface area contributed by atoms with E-state index in [4.69, 9.17) is 10.1 Å². The van der Waals surface area contributed by atoms with E-state index in [0.717, 1.165) is 36.7 Å². The van der Waals surface area contributed by atoms with Gasteiger partial charge in [0.1, 0.15) is 5.82 Å². The number of nitrogens with zero attached hydrogens (tertiary/aromatic N) is 4. The Morgan fingerprint density at radius 3 is 2.71 bits per heavy atom. The van der Waals surface area contributed by atoms with Gasteiger partial charge in [-0.3, -0.25) is 0 Å². The first-order chi connectivity index (χ1) is 10.2. The van der Waals surface area contributed by atoms with E-state index in [2.05, 4.69) is 34.6 Å². The second-order valence-electron chi connectivity index (χ2n) is 6.33. The summed E-state index contributed by atoms with van der Waals surface area (Å²) in [4.78, 5) is 7.16. The van der Waals surface area contributed by atoms with Gasteiger partial charge in [-0.25, -0.2) is 4.98 Å². The number of anilines is 1. The molecule has 0 aromatic carbocycles. The normalized spacial score (nSPS) is 22.6. The smallest absolute Gasteiger partial charge is 0.157 e. The Morgan fingerprint density at radius 1 is 1.19 bits per heavy atom. The zero-order chi connectivity index (χ0) is 14.4. The standard InChI is InChI=1S/C16H23N5/c1-11-12(2)18-15-10-14(13-6-3-4-7-17-13)19-21(15)16(11)20-8-5-9-20/h10,13,17H,3-9H2,1-2H3. The molecular formula is C16H23N5. The predicted octanol–water partition coefficient (Wildman–Crippen LogP) is 2.37. The van der Waals surface area contributed by atoms with E-state index < -0.39 is 0 Å². The van der Waals surface area contributed by atoms with Crippen molar-refractivity contribution in [1.82, 2.24) is 19.9 Å². The number of hydrogen-bond acceptors (Lipinski definition) is 4. The number of rotatable bonds is 2. The lowest BCUT2D eigenvalue weighted by atomic mass is 10.0. The monoisotopic (exact) mass is 285 g/mol. The zero-order valence-corrected chi connectivity index (χ0v) is 12.9. The summed E-state index contributed by atoms with van der Waals surface area (Å²) in [7, 11) is 0. The van der Waals surface area contributed by atoms with E-state index in [1.54, 1.807) is 0 Å². The Kier molecular flexibility index (Phi) is 3.10. The fraction of sp³-hybridized carbons (Fsp3) is 0.625. The molecule has 0 bridgehead atoms. The minimum absolute atomic E-state index is 0.394. The number of fused-ring (bicyclic) bond motifs is 1. The average molecular weight is 285 g/mol. The van der Waals surface area contributed by atoms with Gasteiger partial charge in [0.2, 0.25) is 0 Å². The Balaban J connectivity index is 1.82. The summed E-state index contributed by atoms with van der Waals surface area (Å²) in [5.41, 5.74) is 4.51. The molecule has 112 valence electrons. The van der Waals surface area contributed by atoms with Gasteiger partial charge in [0.15, 0.2) is 5.65 Å². The minimum Gasteiger partial charge on any atom is -0.356 e. The second-order valence-corrected chi connectivity index (χ2v) is 6.33. The number of hydrogen-bond donors (Lipinski definition) is 1. The first kappa shape index (κ1) is 13.1. The van der Waals surface area contributed by atoms with Crippen LogP contribution >= 0.6 is 0 Å². The lowest BCUT2D eigenvalue weighted by Gasteiger charge is -2.34. The number of nitrogens with one attached hydrogen (secondary N) is 1. The molecule has 2 saturated heterocycles. The van der Waals surface area contributed by atoms with Gasteiger partial charge in [0.25, 0.3) is 0 Å². The van der Waals surface area contributed by atoms with Gasteiger partial charge >= 0.3 is 0 Å². The lowest BCUT2D eigenvalue weighted by molar-refractivity contribution is 0.404. The van der Waals surface area contributed by atoms with Crippen molar-refractivity contribution in [3.05, 3.63) is 23.0 Å². The van der Waals surface area contributed by atoms with E-state index in [1.165, 1.54) is 37.1 Å². The molecule has 0 spiro atoms. The highest BCUT2D eigenvalue weighted by Gasteiger charge is 2.24. The number of aromatic nitrogens is 3. The van der Waals surface area contributed by atoms with Crippen LogP contribution in [-0.2, 0) is 0 Å².